The Morgan fingerprint density at radius 3 is 2.14 bits per heavy atom. The molecule has 1 N–H and O–H groups in total. The minimum absolute atomic E-state index is 0.281. The first kappa shape index (κ1) is 21.5. The standard InChI is InChI=1S/C24H25Cl2NO2/c1-3-28-24-13-19(15-27-14-18-9-7-17(2)8-10-18)11-12-23(24)29-16-20-21(25)5-4-6-22(20)26/h4-13,27H,3,14-16H2,1-2H3. The largest absolute Gasteiger partial charge is 0.490 e. The van der Waals surface area contributed by atoms with Gasteiger partial charge in [-0.2, -0.15) is 0 Å². The summed E-state index contributed by atoms with van der Waals surface area (Å²) >= 11 is 12.5. The van der Waals surface area contributed by atoms with E-state index in [1.807, 2.05) is 31.2 Å². The van der Waals surface area contributed by atoms with Crippen LogP contribution >= 0.6 is 23.2 Å². The molecule has 0 spiro atoms. The molecule has 3 nitrogen and oxygen atoms in total. The summed E-state index contributed by atoms with van der Waals surface area (Å²) in [6.07, 6.45) is 0. The fourth-order valence-corrected chi connectivity index (χ4v) is 3.43. The molecule has 0 aliphatic carbocycles. The number of aryl methyl sites for hydroxylation is 1. The summed E-state index contributed by atoms with van der Waals surface area (Å²) in [4.78, 5) is 0. The van der Waals surface area contributed by atoms with Crippen LogP contribution in [0, 0.1) is 6.92 Å². The maximum atomic E-state index is 6.23. The van der Waals surface area contributed by atoms with Gasteiger partial charge in [0.25, 0.3) is 0 Å². The van der Waals surface area contributed by atoms with Gasteiger partial charge in [0, 0.05) is 28.7 Å². The van der Waals surface area contributed by atoms with Crippen LogP contribution in [0.2, 0.25) is 10.0 Å². The van der Waals surface area contributed by atoms with Crippen molar-refractivity contribution >= 4 is 23.2 Å². The molecule has 152 valence electrons. The molecule has 29 heavy (non-hydrogen) atoms. The second-order valence-electron chi connectivity index (χ2n) is 6.79. The average molecular weight is 430 g/mol. The Morgan fingerprint density at radius 2 is 1.45 bits per heavy atom. The summed E-state index contributed by atoms with van der Waals surface area (Å²) in [5.74, 6) is 1.38. The van der Waals surface area contributed by atoms with Crippen molar-refractivity contribution in [3.05, 3.63) is 93.0 Å². The van der Waals surface area contributed by atoms with Crippen LogP contribution in [0.25, 0.3) is 0 Å². The Morgan fingerprint density at radius 1 is 0.793 bits per heavy atom. The van der Waals surface area contributed by atoms with E-state index in [1.54, 1.807) is 12.1 Å². The zero-order valence-corrected chi connectivity index (χ0v) is 18.2. The number of ether oxygens (including phenoxy) is 2. The lowest BCUT2D eigenvalue weighted by atomic mass is 10.1. The highest BCUT2D eigenvalue weighted by Crippen LogP contribution is 2.31. The lowest BCUT2D eigenvalue weighted by Crippen LogP contribution is -2.13. The van der Waals surface area contributed by atoms with Gasteiger partial charge in [0.05, 0.1) is 6.61 Å². The van der Waals surface area contributed by atoms with Gasteiger partial charge in [0.2, 0.25) is 0 Å². The number of hydrogen-bond donors (Lipinski definition) is 1. The molecule has 5 heteroatoms. The van der Waals surface area contributed by atoms with Crippen LogP contribution in [0.15, 0.2) is 60.7 Å². The normalized spacial score (nSPS) is 10.8. The van der Waals surface area contributed by atoms with E-state index in [-0.39, 0.29) is 6.61 Å². The Balaban J connectivity index is 1.64. The summed E-state index contributed by atoms with van der Waals surface area (Å²) in [5, 5.41) is 4.65. The SMILES string of the molecule is CCOc1cc(CNCc2ccc(C)cc2)ccc1OCc1c(Cl)cccc1Cl. The van der Waals surface area contributed by atoms with Crippen molar-refractivity contribution in [1.82, 2.24) is 5.32 Å². The van der Waals surface area contributed by atoms with Crippen molar-refractivity contribution in [1.29, 1.82) is 0 Å². The second kappa shape index (κ2) is 10.5. The average Bonchev–Trinajstić information content (AvgIpc) is 2.71. The molecular formula is C24H25Cl2NO2. The number of halogens is 2. The van der Waals surface area contributed by atoms with Crippen LogP contribution in [0.4, 0.5) is 0 Å². The number of rotatable bonds is 9. The zero-order valence-electron chi connectivity index (χ0n) is 16.7. The lowest BCUT2D eigenvalue weighted by molar-refractivity contribution is 0.269. The maximum Gasteiger partial charge on any atom is 0.161 e. The predicted molar refractivity (Wildman–Crippen MR) is 120 cm³/mol. The van der Waals surface area contributed by atoms with E-state index < -0.39 is 0 Å². The van der Waals surface area contributed by atoms with Crippen molar-refractivity contribution in [2.45, 2.75) is 33.5 Å². The molecule has 0 amide bonds. The highest BCUT2D eigenvalue weighted by Gasteiger charge is 2.10. The number of nitrogens with one attached hydrogen (secondary N) is 1. The van der Waals surface area contributed by atoms with E-state index in [1.165, 1.54) is 11.1 Å². The van der Waals surface area contributed by atoms with Crippen molar-refractivity contribution in [2.75, 3.05) is 6.61 Å². The Hall–Kier alpha value is -2.20. The molecule has 0 heterocycles. The Bertz CT molecular complexity index is 922. The monoisotopic (exact) mass is 429 g/mol. The van der Waals surface area contributed by atoms with E-state index in [2.05, 4.69) is 36.5 Å². The smallest absolute Gasteiger partial charge is 0.161 e. The van der Waals surface area contributed by atoms with Crippen molar-refractivity contribution in [3.63, 3.8) is 0 Å². The number of benzene rings is 3. The number of hydrogen-bond acceptors (Lipinski definition) is 3. The molecule has 3 rings (SSSR count). The Labute approximate surface area is 182 Å². The quantitative estimate of drug-likeness (QED) is 0.417. The minimum atomic E-state index is 0.281. The third-order valence-electron chi connectivity index (χ3n) is 4.52. The maximum absolute atomic E-state index is 6.23. The molecule has 0 aromatic heterocycles. The first-order valence-electron chi connectivity index (χ1n) is 9.64. The highest BCUT2D eigenvalue weighted by molar-refractivity contribution is 6.35. The van der Waals surface area contributed by atoms with E-state index in [9.17, 15) is 0 Å². The lowest BCUT2D eigenvalue weighted by Gasteiger charge is -2.15. The zero-order chi connectivity index (χ0) is 20.6. The molecule has 3 aromatic rings. The molecule has 0 unspecified atom stereocenters. The van der Waals surface area contributed by atoms with E-state index in [0.717, 1.165) is 24.2 Å². The fourth-order valence-electron chi connectivity index (χ4n) is 2.93. The van der Waals surface area contributed by atoms with Gasteiger partial charge in [-0.05, 0) is 49.2 Å². The third-order valence-corrected chi connectivity index (χ3v) is 5.23. The molecule has 0 bridgehead atoms. The van der Waals surface area contributed by atoms with Crippen LogP contribution < -0.4 is 14.8 Å². The van der Waals surface area contributed by atoms with Crippen molar-refractivity contribution in [2.24, 2.45) is 0 Å². The molecule has 0 atom stereocenters. The second-order valence-corrected chi connectivity index (χ2v) is 7.61. The van der Waals surface area contributed by atoms with Gasteiger partial charge < -0.3 is 14.8 Å². The van der Waals surface area contributed by atoms with Crippen LogP contribution in [0.5, 0.6) is 11.5 Å². The molecule has 0 saturated carbocycles. The molecule has 0 saturated heterocycles. The van der Waals surface area contributed by atoms with Crippen LogP contribution in [0.3, 0.4) is 0 Å². The molecule has 0 radical (unpaired) electrons. The first-order valence-corrected chi connectivity index (χ1v) is 10.4. The van der Waals surface area contributed by atoms with Gasteiger partial charge in [-0.25, -0.2) is 0 Å². The fraction of sp³-hybridized carbons (Fsp3) is 0.250. The van der Waals surface area contributed by atoms with Gasteiger partial charge >= 0.3 is 0 Å². The van der Waals surface area contributed by atoms with Gasteiger partial charge in [-0.3, -0.25) is 0 Å². The summed E-state index contributed by atoms with van der Waals surface area (Å²) in [6, 6.07) is 19.9. The van der Waals surface area contributed by atoms with E-state index in [4.69, 9.17) is 32.7 Å². The Kier molecular flexibility index (Phi) is 7.82. The van der Waals surface area contributed by atoms with Crippen molar-refractivity contribution < 1.29 is 9.47 Å². The van der Waals surface area contributed by atoms with Crippen LogP contribution in [-0.2, 0) is 19.7 Å². The minimum Gasteiger partial charge on any atom is -0.490 e. The topological polar surface area (TPSA) is 30.5 Å². The summed E-state index contributed by atoms with van der Waals surface area (Å²) < 4.78 is 11.7. The molecule has 3 aromatic carbocycles. The molecular weight excluding hydrogens is 405 g/mol. The van der Waals surface area contributed by atoms with Crippen LogP contribution in [0.1, 0.15) is 29.2 Å². The van der Waals surface area contributed by atoms with Crippen molar-refractivity contribution in [3.8, 4) is 11.5 Å². The highest BCUT2D eigenvalue weighted by atomic mass is 35.5. The van der Waals surface area contributed by atoms with E-state index >= 15 is 0 Å². The van der Waals surface area contributed by atoms with Gasteiger partial charge in [0.15, 0.2) is 11.5 Å². The predicted octanol–water partition coefficient (Wildman–Crippen LogP) is 6.57. The van der Waals surface area contributed by atoms with E-state index in [0.29, 0.717) is 28.2 Å². The summed E-state index contributed by atoms with van der Waals surface area (Å²) in [6.45, 7) is 6.44. The van der Waals surface area contributed by atoms with Gasteiger partial charge in [-0.1, -0.05) is 65.2 Å². The van der Waals surface area contributed by atoms with Gasteiger partial charge in [0.1, 0.15) is 6.61 Å². The molecule has 0 aliphatic rings. The van der Waals surface area contributed by atoms with Gasteiger partial charge in [-0.15, -0.1) is 0 Å². The third kappa shape index (κ3) is 6.14. The molecule has 0 fully saturated rings. The first-order chi connectivity index (χ1) is 14.1. The summed E-state index contributed by atoms with van der Waals surface area (Å²) in [7, 11) is 0. The summed E-state index contributed by atoms with van der Waals surface area (Å²) in [5.41, 5.74) is 4.42. The van der Waals surface area contributed by atoms with Crippen LogP contribution in [-0.4, -0.2) is 6.61 Å². The molecule has 0 aliphatic heterocycles.